The first-order valence-electron chi connectivity index (χ1n) is 6.36. The Morgan fingerprint density at radius 1 is 1.35 bits per heavy atom. The molecule has 5 heteroatoms. The van der Waals surface area contributed by atoms with Crippen LogP contribution in [0.15, 0.2) is 4.79 Å². The van der Waals surface area contributed by atoms with E-state index in [-0.39, 0.29) is 11.6 Å². The van der Waals surface area contributed by atoms with Crippen molar-refractivity contribution in [1.29, 1.82) is 0 Å². The van der Waals surface area contributed by atoms with Gasteiger partial charge in [0, 0.05) is 24.7 Å². The van der Waals surface area contributed by atoms with Crippen LogP contribution in [0.3, 0.4) is 0 Å². The Morgan fingerprint density at radius 3 is 3.06 bits per heavy atom. The number of fused-ring (bicyclic) bond motifs is 1. The fraction of sp³-hybridized carbons (Fsp3) is 0.667. The van der Waals surface area contributed by atoms with Gasteiger partial charge < -0.3 is 10.6 Å². The number of anilines is 1. The Labute approximate surface area is 100 Å². The molecule has 0 radical (unpaired) electrons. The Kier molecular flexibility index (Phi) is 2.63. The van der Waals surface area contributed by atoms with Crippen molar-refractivity contribution in [2.24, 2.45) is 5.73 Å². The van der Waals surface area contributed by atoms with Crippen molar-refractivity contribution in [2.45, 2.75) is 38.1 Å². The average molecular weight is 234 g/mol. The van der Waals surface area contributed by atoms with E-state index in [1.165, 1.54) is 0 Å². The third kappa shape index (κ3) is 1.95. The average Bonchev–Trinajstić information content (AvgIpc) is 2.77. The highest BCUT2D eigenvalue weighted by Gasteiger charge is 2.22. The molecular formula is C12H18N4O. The van der Waals surface area contributed by atoms with Crippen LogP contribution in [-0.4, -0.2) is 29.1 Å². The molecule has 1 atom stereocenters. The van der Waals surface area contributed by atoms with Crippen molar-refractivity contribution < 1.29 is 0 Å². The molecule has 2 heterocycles. The van der Waals surface area contributed by atoms with E-state index in [0.717, 1.165) is 56.5 Å². The van der Waals surface area contributed by atoms with E-state index in [2.05, 4.69) is 14.9 Å². The van der Waals surface area contributed by atoms with Crippen LogP contribution in [0.1, 0.15) is 30.5 Å². The second-order valence-corrected chi connectivity index (χ2v) is 5.02. The molecule has 1 aliphatic carbocycles. The van der Waals surface area contributed by atoms with Crippen molar-refractivity contribution in [3.63, 3.8) is 0 Å². The van der Waals surface area contributed by atoms with Crippen molar-refractivity contribution in [3.05, 3.63) is 21.6 Å². The van der Waals surface area contributed by atoms with Crippen molar-refractivity contribution >= 4 is 5.95 Å². The summed E-state index contributed by atoms with van der Waals surface area (Å²) in [7, 11) is 0. The molecule has 1 aromatic heterocycles. The molecule has 92 valence electrons. The zero-order chi connectivity index (χ0) is 11.8. The first-order valence-corrected chi connectivity index (χ1v) is 6.36. The van der Waals surface area contributed by atoms with E-state index < -0.39 is 0 Å². The van der Waals surface area contributed by atoms with Gasteiger partial charge in [0.25, 0.3) is 5.56 Å². The molecule has 17 heavy (non-hydrogen) atoms. The summed E-state index contributed by atoms with van der Waals surface area (Å²) in [5.74, 6) is 0.714. The van der Waals surface area contributed by atoms with Crippen LogP contribution in [0, 0.1) is 0 Å². The highest BCUT2D eigenvalue weighted by molar-refractivity contribution is 5.35. The normalized spacial score (nSPS) is 23.8. The largest absolute Gasteiger partial charge is 0.341 e. The van der Waals surface area contributed by atoms with Crippen molar-refractivity contribution in [3.8, 4) is 0 Å². The number of nitrogens with one attached hydrogen (secondary N) is 1. The minimum Gasteiger partial charge on any atom is -0.341 e. The number of rotatable bonds is 1. The molecule has 0 bridgehead atoms. The van der Waals surface area contributed by atoms with Crippen LogP contribution in [0.5, 0.6) is 0 Å². The van der Waals surface area contributed by atoms with E-state index in [1.54, 1.807) is 0 Å². The topological polar surface area (TPSA) is 75.0 Å². The standard InChI is InChI=1S/C12H18N4O/c13-8-3-2-6-16(7-8)12-14-10-5-1-4-9(10)11(17)15-12/h8H,1-7,13H2,(H,14,15,17)/t8-/m0/s1. The van der Waals surface area contributed by atoms with Gasteiger partial charge in [-0.1, -0.05) is 0 Å². The van der Waals surface area contributed by atoms with Gasteiger partial charge in [0.2, 0.25) is 5.95 Å². The number of nitrogens with zero attached hydrogens (tertiary/aromatic N) is 2. The van der Waals surface area contributed by atoms with Crippen molar-refractivity contribution in [1.82, 2.24) is 9.97 Å². The van der Waals surface area contributed by atoms with E-state index in [1.807, 2.05) is 0 Å². The highest BCUT2D eigenvalue weighted by atomic mass is 16.1. The van der Waals surface area contributed by atoms with Crippen LogP contribution in [0.2, 0.25) is 0 Å². The zero-order valence-electron chi connectivity index (χ0n) is 9.91. The van der Waals surface area contributed by atoms with Gasteiger partial charge in [-0.2, -0.15) is 0 Å². The van der Waals surface area contributed by atoms with Crippen LogP contribution in [-0.2, 0) is 12.8 Å². The summed E-state index contributed by atoms with van der Waals surface area (Å²) in [5, 5.41) is 0. The lowest BCUT2D eigenvalue weighted by molar-refractivity contribution is 0.499. The molecule has 3 N–H and O–H groups in total. The summed E-state index contributed by atoms with van der Waals surface area (Å²) in [6, 6.07) is 0.197. The van der Waals surface area contributed by atoms with Crippen LogP contribution in [0.4, 0.5) is 5.95 Å². The molecule has 0 unspecified atom stereocenters. The molecule has 0 amide bonds. The first kappa shape index (κ1) is 10.8. The van der Waals surface area contributed by atoms with Gasteiger partial charge in [0.1, 0.15) is 0 Å². The predicted octanol–water partition coefficient (Wildman–Crippen LogP) is 0.186. The molecule has 0 saturated carbocycles. The molecule has 1 aromatic rings. The summed E-state index contributed by atoms with van der Waals surface area (Å²) in [5.41, 5.74) is 7.87. The van der Waals surface area contributed by atoms with E-state index in [9.17, 15) is 4.79 Å². The van der Waals surface area contributed by atoms with Crippen LogP contribution < -0.4 is 16.2 Å². The molecule has 3 rings (SSSR count). The fourth-order valence-corrected chi connectivity index (χ4v) is 2.78. The number of hydrogen-bond donors (Lipinski definition) is 2. The summed E-state index contributed by atoms with van der Waals surface area (Å²) < 4.78 is 0. The summed E-state index contributed by atoms with van der Waals surface area (Å²) >= 11 is 0. The van der Waals surface area contributed by atoms with Gasteiger partial charge in [-0.05, 0) is 32.1 Å². The highest BCUT2D eigenvalue weighted by Crippen LogP contribution is 2.20. The quantitative estimate of drug-likeness (QED) is 0.727. The zero-order valence-corrected chi connectivity index (χ0v) is 9.91. The summed E-state index contributed by atoms with van der Waals surface area (Å²) in [6.07, 6.45) is 4.99. The SMILES string of the molecule is N[C@H]1CCCN(c2nc3c(c(=O)[nH]2)CCC3)C1. The first-order chi connectivity index (χ1) is 8.24. The Bertz CT molecular complexity index is 482. The van der Waals surface area contributed by atoms with Crippen LogP contribution in [0.25, 0.3) is 0 Å². The number of aromatic amines is 1. The van der Waals surface area contributed by atoms with Gasteiger partial charge in [-0.15, -0.1) is 0 Å². The van der Waals surface area contributed by atoms with Gasteiger partial charge in [0.15, 0.2) is 0 Å². The van der Waals surface area contributed by atoms with Gasteiger partial charge in [0.05, 0.1) is 5.69 Å². The van der Waals surface area contributed by atoms with Gasteiger partial charge in [-0.3, -0.25) is 9.78 Å². The summed E-state index contributed by atoms with van der Waals surface area (Å²) in [4.78, 5) is 21.5. The van der Waals surface area contributed by atoms with Gasteiger partial charge >= 0.3 is 0 Å². The smallest absolute Gasteiger partial charge is 0.255 e. The van der Waals surface area contributed by atoms with E-state index >= 15 is 0 Å². The summed E-state index contributed by atoms with van der Waals surface area (Å²) in [6.45, 7) is 1.73. The van der Waals surface area contributed by atoms with Gasteiger partial charge in [-0.25, -0.2) is 4.98 Å². The molecule has 0 aromatic carbocycles. The number of nitrogens with two attached hydrogens (primary N) is 1. The maximum absolute atomic E-state index is 11.9. The monoisotopic (exact) mass is 234 g/mol. The second kappa shape index (κ2) is 4.14. The number of piperidine rings is 1. The third-order valence-corrected chi connectivity index (χ3v) is 3.69. The Hall–Kier alpha value is -1.36. The number of hydrogen-bond acceptors (Lipinski definition) is 4. The molecule has 1 saturated heterocycles. The fourth-order valence-electron chi connectivity index (χ4n) is 2.78. The van der Waals surface area contributed by atoms with E-state index in [4.69, 9.17) is 5.73 Å². The molecule has 1 fully saturated rings. The minimum absolute atomic E-state index is 0.0432. The minimum atomic E-state index is 0.0432. The Balaban J connectivity index is 1.93. The number of H-pyrrole nitrogens is 1. The van der Waals surface area contributed by atoms with E-state index in [0.29, 0.717) is 5.95 Å². The number of aryl methyl sites for hydroxylation is 1. The molecule has 0 spiro atoms. The molecule has 2 aliphatic rings. The Morgan fingerprint density at radius 2 is 2.24 bits per heavy atom. The van der Waals surface area contributed by atoms with Crippen molar-refractivity contribution in [2.75, 3.05) is 18.0 Å². The maximum atomic E-state index is 11.9. The molecule has 1 aliphatic heterocycles. The second-order valence-electron chi connectivity index (χ2n) is 5.02. The number of aromatic nitrogens is 2. The molecule has 5 nitrogen and oxygen atoms in total. The lowest BCUT2D eigenvalue weighted by Gasteiger charge is -2.31. The lowest BCUT2D eigenvalue weighted by atomic mass is 10.1. The third-order valence-electron chi connectivity index (χ3n) is 3.69. The maximum Gasteiger partial charge on any atom is 0.255 e. The predicted molar refractivity (Wildman–Crippen MR) is 66.3 cm³/mol. The lowest BCUT2D eigenvalue weighted by Crippen LogP contribution is -2.44. The molecular weight excluding hydrogens is 216 g/mol. The van der Waals surface area contributed by atoms with Crippen LogP contribution >= 0.6 is 0 Å².